The summed E-state index contributed by atoms with van der Waals surface area (Å²) in [6, 6.07) is 9.40. The second-order valence-corrected chi connectivity index (χ2v) is 7.36. The first-order valence-corrected chi connectivity index (χ1v) is 8.97. The van der Waals surface area contributed by atoms with Crippen molar-refractivity contribution < 1.29 is 4.79 Å². The Balaban J connectivity index is 1.64. The van der Waals surface area contributed by atoms with E-state index >= 15 is 0 Å². The topological polar surface area (TPSA) is 49.0 Å². The lowest BCUT2D eigenvalue weighted by Gasteiger charge is -2.31. The zero-order chi connectivity index (χ0) is 17.1. The van der Waals surface area contributed by atoms with Gasteiger partial charge in [0.05, 0.1) is 5.69 Å². The molecule has 0 spiro atoms. The van der Waals surface area contributed by atoms with E-state index in [0.29, 0.717) is 10.9 Å². The van der Waals surface area contributed by atoms with Crippen LogP contribution in [-0.4, -0.2) is 34.0 Å². The molecule has 0 aliphatic carbocycles. The number of piperidine rings is 1. The summed E-state index contributed by atoms with van der Waals surface area (Å²) in [6.07, 6.45) is 1.99. The zero-order valence-electron chi connectivity index (χ0n) is 14.3. The number of nitrogens with one attached hydrogen (secondary N) is 1. The van der Waals surface area contributed by atoms with Crippen LogP contribution in [0.5, 0.6) is 0 Å². The van der Waals surface area contributed by atoms with Crippen molar-refractivity contribution >= 4 is 17.4 Å². The van der Waals surface area contributed by atoms with Crippen LogP contribution in [0.2, 0.25) is 5.02 Å². The second-order valence-electron chi connectivity index (χ2n) is 6.92. The third-order valence-electron chi connectivity index (χ3n) is 4.62. The fourth-order valence-electron chi connectivity index (χ4n) is 3.29. The highest BCUT2D eigenvalue weighted by atomic mass is 35.5. The van der Waals surface area contributed by atoms with E-state index in [0.717, 1.165) is 49.4 Å². The minimum atomic E-state index is 0.0460. The van der Waals surface area contributed by atoms with Crippen LogP contribution in [0.4, 0.5) is 0 Å². The highest BCUT2D eigenvalue weighted by Crippen LogP contribution is 2.24. The van der Waals surface area contributed by atoms with Crippen molar-refractivity contribution in [3.05, 3.63) is 52.3 Å². The summed E-state index contributed by atoms with van der Waals surface area (Å²) in [4.78, 5) is 15.1. The van der Waals surface area contributed by atoms with Gasteiger partial charge >= 0.3 is 0 Å². The first kappa shape index (κ1) is 17.2. The number of carbonyl (C=O) groups excluding carboxylic acids is 1. The van der Waals surface area contributed by atoms with E-state index in [1.54, 1.807) is 12.1 Å². The first-order chi connectivity index (χ1) is 11.5. The molecule has 0 amide bonds. The fraction of sp³-hybridized carbons (Fsp3) is 0.474. The van der Waals surface area contributed by atoms with Gasteiger partial charge in [0.1, 0.15) is 0 Å². The Kier molecular flexibility index (Phi) is 5.36. The average Bonchev–Trinajstić information content (AvgIpc) is 3.03. The number of likely N-dealkylation sites (tertiary alicyclic amines) is 1. The minimum Gasteiger partial charge on any atom is -0.297 e. The molecule has 0 saturated carbocycles. The highest BCUT2D eigenvalue weighted by Gasteiger charge is 2.27. The molecule has 1 N–H and O–H groups in total. The predicted molar refractivity (Wildman–Crippen MR) is 96.5 cm³/mol. The molecule has 4 nitrogen and oxygen atoms in total. The van der Waals surface area contributed by atoms with E-state index in [1.807, 2.05) is 12.1 Å². The van der Waals surface area contributed by atoms with E-state index in [4.69, 9.17) is 11.6 Å². The molecule has 2 heterocycles. The molecule has 5 heteroatoms. The van der Waals surface area contributed by atoms with Gasteiger partial charge in [0.15, 0.2) is 5.78 Å². The van der Waals surface area contributed by atoms with Crippen molar-refractivity contribution in [3.8, 4) is 0 Å². The maximum atomic E-state index is 12.7. The van der Waals surface area contributed by atoms with Crippen LogP contribution < -0.4 is 0 Å². The van der Waals surface area contributed by atoms with Gasteiger partial charge in [-0.25, -0.2) is 0 Å². The zero-order valence-corrected chi connectivity index (χ0v) is 15.0. The number of hydrogen-bond donors (Lipinski definition) is 1. The van der Waals surface area contributed by atoms with Crippen LogP contribution in [0.1, 0.15) is 54.4 Å². The molecule has 1 saturated heterocycles. The number of aromatic amines is 1. The molecule has 128 valence electrons. The summed E-state index contributed by atoms with van der Waals surface area (Å²) in [5.74, 6) is 0.674. The number of ketones is 1. The van der Waals surface area contributed by atoms with Crippen LogP contribution in [-0.2, 0) is 6.54 Å². The summed E-state index contributed by atoms with van der Waals surface area (Å²) in [5.41, 5.74) is 2.93. The molecule has 0 radical (unpaired) electrons. The Bertz CT molecular complexity index is 710. The molecule has 1 aliphatic heterocycles. The predicted octanol–water partition coefficient (Wildman–Crippen LogP) is 4.28. The first-order valence-electron chi connectivity index (χ1n) is 8.59. The minimum absolute atomic E-state index is 0.0460. The molecule has 1 atom stereocenters. The molecule has 0 bridgehead atoms. The Hall–Kier alpha value is -1.65. The largest absolute Gasteiger partial charge is 0.297 e. The van der Waals surface area contributed by atoms with Crippen molar-refractivity contribution in [3.63, 3.8) is 0 Å². The highest BCUT2D eigenvalue weighted by molar-refractivity contribution is 6.31. The van der Waals surface area contributed by atoms with Crippen molar-refractivity contribution in [1.29, 1.82) is 0 Å². The number of nitrogens with zero attached hydrogens (tertiary/aromatic N) is 2. The average molecular weight is 346 g/mol. The van der Waals surface area contributed by atoms with Crippen LogP contribution in [0.25, 0.3) is 0 Å². The Morgan fingerprint density at radius 2 is 2.25 bits per heavy atom. The fourth-order valence-corrected chi connectivity index (χ4v) is 3.48. The lowest BCUT2D eigenvalue weighted by molar-refractivity contribution is 0.0810. The molecule has 1 aliphatic rings. The number of aromatic nitrogens is 2. The number of carbonyl (C=O) groups is 1. The summed E-state index contributed by atoms with van der Waals surface area (Å²) in [5, 5.41) is 8.10. The van der Waals surface area contributed by atoms with Gasteiger partial charge in [-0.1, -0.05) is 37.6 Å². The van der Waals surface area contributed by atoms with Gasteiger partial charge in [-0.3, -0.25) is 14.8 Å². The molecule has 2 aromatic rings. The van der Waals surface area contributed by atoms with E-state index in [9.17, 15) is 4.79 Å². The standard InChI is InChI=1S/C19H24ClN3O/c1-13(2)18-10-17(21-22-18)12-23-8-4-6-15(11-23)19(24)14-5-3-7-16(20)9-14/h3,5,7,9-10,13,15H,4,6,8,11-12H2,1-2H3,(H,21,22)/t15-/m1/s1. The maximum absolute atomic E-state index is 12.7. The Morgan fingerprint density at radius 3 is 2.96 bits per heavy atom. The number of benzene rings is 1. The smallest absolute Gasteiger partial charge is 0.167 e. The molecule has 1 fully saturated rings. The van der Waals surface area contributed by atoms with E-state index < -0.39 is 0 Å². The lowest BCUT2D eigenvalue weighted by Crippen LogP contribution is -2.38. The van der Waals surface area contributed by atoms with E-state index in [-0.39, 0.29) is 11.7 Å². The van der Waals surface area contributed by atoms with Gasteiger partial charge in [0.2, 0.25) is 0 Å². The van der Waals surface area contributed by atoms with Crippen molar-refractivity contribution in [2.75, 3.05) is 13.1 Å². The van der Waals surface area contributed by atoms with Gasteiger partial charge in [0, 0.05) is 35.3 Å². The van der Waals surface area contributed by atoms with Gasteiger partial charge in [-0.05, 0) is 43.5 Å². The molecule has 3 rings (SSSR count). The summed E-state index contributed by atoms with van der Waals surface area (Å²) >= 11 is 6.02. The van der Waals surface area contributed by atoms with Crippen LogP contribution in [0.3, 0.4) is 0 Å². The SMILES string of the molecule is CC(C)c1cc(CN2CCC[C@@H](C(=O)c3cccc(Cl)c3)C2)[nH]n1. The van der Waals surface area contributed by atoms with E-state index in [1.165, 1.54) is 0 Å². The number of hydrogen-bond acceptors (Lipinski definition) is 3. The molecule has 0 unspecified atom stereocenters. The Labute approximate surface area is 148 Å². The van der Waals surface area contributed by atoms with E-state index in [2.05, 4.69) is 35.0 Å². The summed E-state index contributed by atoms with van der Waals surface area (Å²) < 4.78 is 0. The summed E-state index contributed by atoms with van der Waals surface area (Å²) in [6.45, 7) is 6.91. The molecular formula is C19H24ClN3O. The number of halogens is 1. The number of rotatable bonds is 5. The van der Waals surface area contributed by atoms with Gasteiger partial charge in [0.25, 0.3) is 0 Å². The third-order valence-corrected chi connectivity index (χ3v) is 4.86. The van der Waals surface area contributed by atoms with Crippen molar-refractivity contribution in [1.82, 2.24) is 15.1 Å². The number of H-pyrrole nitrogens is 1. The van der Waals surface area contributed by atoms with Crippen molar-refractivity contribution in [2.24, 2.45) is 5.92 Å². The summed E-state index contributed by atoms with van der Waals surface area (Å²) in [7, 11) is 0. The molecular weight excluding hydrogens is 322 g/mol. The van der Waals surface area contributed by atoms with Gasteiger partial charge < -0.3 is 0 Å². The van der Waals surface area contributed by atoms with Gasteiger partial charge in [-0.2, -0.15) is 5.10 Å². The van der Waals surface area contributed by atoms with Crippen LogP contribution in [0.15, 0.2) is 30.3 Å². The van der Waals surface area contributed by atoms with Crippen molar-refractivity contribution in [2.45, 2.75) is 39.2 Å². The quantitative estimate of drug-likeness (QED) is 0.823. The van der Waals surface area contributed by atoms with Crippen LogP contribution >= 0.6 is 11.6 Å². The van der Waals surface area contributed by atoms with Crippen LogP contribution in [0, 0.1) is 5.92 Å². The molecule has 1 aromatic heterocycles. The normalized spacial score (nSPS) is 18.9. The Morgan fingerprint density at radius 1 is 1.42 bits per heavy atom. The molecule has 1 aromatic carbocycles. The monoisotopic (exact) mass is 345 g/mol. The third kappa shape index (κ3) is 4.05. The second kappa shape index (κ2) is 7.49. The van der Waals surface area contributed by atoms with Gasteiger partial charge in [-0.15, -0.1) is 0 Å². The number of Topliss-reactive ketones (excluding diaryl/α,β-unsaturated/α-hetero) is 1. The molecule has 24 heavy (non-hydrogen) atoms. The lowest BCUT2D eigenvalue weighted by atomic mass is 9.90. The maximum Gasteiger partial charge on any atom is 0.167 e.